The van der Waals surface area contributed by atoms with Crippen LogP contribution in [0.25, 0.3) is 0 Å². The van der Waals surface area contributed by atoms with Crippen molar-refractivity contribution in [1.29, 1.82) is 0 Å². The molecule has 27 heavy (non-hydrogen) atoms. The van der Waals surface area contributed by atoms with Crippen molar-refractivity contribution in [2.24, 2.45) is 5.92 Å². The highest BCUT2D eigenvalue weighted by Crippen LogP contribution is 2.18. The standard InChI is InChI=1S/C21H30N2O4/c1-13(2)18(23-20(25)16-11-9-14(3)10-12-16)21(26)27-15(4)19(24)22-17-7-5-6-8-17/h9-13,15,17-18H,5-8H2,1-4H3,(H,22,24)(H,23,25)/t15-,18-/m0/s1. The molecule has 2 N–H and O–H groups in total. The van der Waals surface area contributed by atoms with Crippen molar-refractivity contribution in [3.63, 3.8) is 0 Å². The molecule has 6 nitrogen and oxygen atoms in total. The van der Waals surface area contributed by atoms with E-state index in [0.29, 0.717) is 5.56 Å². The molecule has 2 rings (SSSR count). The summed E-state index contributed by atoms with van der Waals surface area (Å²) in [7, 11) is 0. The van der Waals surface area contributed by atoms with Gasteiger partial charge in [0.1, 0.15) is 6.04 Å². The molecule has 1 aliphatic carbocycles. The molecular weight excluding hydrogens is 344 g/mol. The lowest BCUT2D eigenvalue weighted by Gasteiger charge is -2.23. The Balaban J connectivity index is 1.94. The van der Waals surface area contributed by atoms with Crippen molar-refractivity contribution < 1.29 is 19.1 Å². The Hall–Kier alpha value is -2.37. The van der Waals surface area contributed by atoms with Gasteiger partial charge in [-0.3, -0.25) is 9.59 Å². The number of aryl methyl sites for hydroxylation is 1. The maximum atomic E-state index is 12.5. The largest absolute Gasteiger partial charge is 0.451 e. The Morgan fingerprint density at radius 3 is 2.19 bits per heavy atom. The first-order chi connectivity index (χ1) is 12.8. The summed E-state index contributed by atoms with van der Waals surface area (Å²) in [4.78, 5) is 37.2. The lowest BCUT2D eigenvalue weighted by atomic mass is 10.0. The van der Waals surface area contributed by atoms with Gasteiger partial charge < -0.3 is 15.4 Å². The molecule has 0 spiro atoms. The average molecular weight is 374 g/mol. The van der Waals surface area contributed by atoms with Gasteiger partial charge in [0.25, 0.3) is 11.8 Å². The molecular formula is C21H30N2O4. The summed E-state index contributed by atoms with van der Waals surface area (Å²) >= 11 is 0. The minimum absolute atomic E-state index is 0.167. The van der Waals surface area contributed by atoms with E-state index in [1.165, 1.54) is 0 Å². The fourth-order valence-electron chi connectivity index (χ4n) is 3.12. The predicted molar refractivity (Wildman–Crippen MR) is 103 cm³/mol. The van der Waals surface area contributed by atoms with Gasteiger partial charge in [0.05, 0.1) is 0 Å². The second kappa shape index (κ2) is 9.53. The van der Waals surface area contributed by atoms with Crippen molar-refractivity contribution in [3.05, 3.63) is 35.4 Å². The van der Waals surface area contributed by atoms with Crippen LogP contribution in [0.1, 0.15) is 62.4 Å². The summed E-state index contributed by atoms with van der Waals surface area (Å²) in [6.07, 6.45) is 3.26. The van der Waals surface area contributed by atoms with Crippen LogP contribution in [-0.2, 0) is 14.3 Å². The van der Waals surface area contributed by atoms with Gasteiger partial charge in [0.15, 0.2) is 6.10 Å². The molecule has 0 bridgehead atoms. The second-order valence-corrected chi connectivity index (χ2v) is 7.63. The van der Waals surface area contributed by atoms with Crippen LogP contribution < -0.4 is 10.6 Å². The van der Waals surface area contributed by atoms with Gasteiger partial charge in [-0.05, 0) is 44.7 Å². The van der Waals surface area contributed by atoms with Crippen molar-refractivity contribution in [2.75, 3.05) is 0 Å². The minimum atomic E-state index is -0.893. The molecule has 0 radical (unpaired) electrons. The van der Waals surface area contributed by atoms with Crippen LogP contribution >= 0.6 is 0 Å². The van der Waals surface area contributed by atoms with E-state index in [4.69, 9.17) is 4.74 Å². The van der Waals surface area contributed by atoms with E-state index in [1.54, 1.807) is 19.1 Å². The number of rotatable bonds is 7. The first kappa shape index (κ1) is 20.9. The van der Waals surface area contributed by atoms with Crippen LogP contribution in [0.15, 0.2) is 24.3 Å². The molecule has 2 atom stereocenters. The highest BCUT2D eigenvalue weighted by atomic mass is 16.5. The Labute approximate surface area is 161 Å². The SMILES string of the molecule is Cc1ccc(C(=O)N[C@H](C(=O)O[C@@H](C)C(=O)NC2CCCC2)C(C)C)cc1. The highest BCUT2D eigenvalue weighted by Gasteiger charge is 2.30. The van der Waals surface area contributed by atoms with E-state index in [-0.39, 0.29) is 23.8 Å². The fraction of sp³-hybridized carbons (Fsp3) is 0.571. The zero-order valence-electron chi connectivity index (χ0n) is 16.6. The number of carbonyl (C=O) groups excluding carboxylic acids is 3. The van der Waals surface area contributed by atoms with Crippen molar-refractivity contribution in [3.8, 4) is 0 Å². The van der Waals surface area contributed by atoms with Gasteiger partial charge in [0, 0.05) is 11.6 Å². The van der Waals surface area contributed by atoms with Crippen molar-refractivity contribution in [1.82, 2.24) is 10.6 Å². The molecule has 148 valence electrons. The molecule has 1 saturated carbocycles. The van der Waals surface area contributed by atoms with Crippen molar-refractivity contribution in [2.45, 2.75) is 71.6 Å². The summed E-state index contributed by atoms with van der Waals surface area (Å²) in [6, 6.07) is 6.46. The van der Waals surface area contributed by atoms with E-state index in [9.17, 15) is 14.4 Å². The van der Waals surface area contributed by atoms with E-state index in [0.717, 1.165) is 31.2 Å². The fourth-order valence-corrected chi connectivity index (χ4v) is 3.12. The molecule has 0 unspecified atom stereocenters. The highest BCUT2D eigenvalue weighted by molar-refractivity contribution is 5.97. The number of nitrogens with one attached hydrogen (secondary N) is 2. The van der Waals surface area contributed by atoms with Gasteiger partial charge in [0.2, 0.25) is 0 Å². The van der Waals surface area contributed by atoms with Crippen LogP contribution in [0.4, 0.5) is 0 Å². The smallest absolute Gasteiger partial charge is 0.329 e. The molecule has 0 heterocycles. The Kier molecular flexibility index (Phi) is 7.39. The van der Waals surface area contributed by atoms with Crippen LogP contribution in [0.5, 0.6) is 0 Å². The monoisotopic (exact) mass is 374 g/mol. The normalized spacial score (nSPS) is 16.6. The number of ether oxygens (including phenoxy) is 1. The quantitative estimate of drug-likeness (QED) is 0.719. The summed E-state index contributed by atoms with van der Waals surface area (Å²) in [5.74, 6) is -1.40. The number of carbonyl (C=O) groups is 3. The second-order valence-electron chi connectivity index (χ2n) is 7.63. The van der Waals surface area contributed by atoms with Gasteiger partial charge >= 0.3 is 5.97 Å². The number of esters is 1. The number of hydrogen-bond donors (Lipinski definition) is 2. The number of hydrogen-bond acceptors (Lipinski definition) is 4. The third-order valence-corrected chi connectivity index (χ3v) is 4.88. The van der Waals surface area contributed by atoms with E-state index >= 15 is 0 Å². The molecule has 0 aliphatic heterocycles. The molecule has 2 amide bonds. The number of benzene rings is 1. The third kappa shape index (κ3) is 6.08. The summed E-state index contributed by atoms with van der Waals surface area (Å²) in [5, 5.41) is 5.64. The topological polar surface area (TPSA) is 84.5 Å². The maximum absolute atomic E-state index is 12.5. The molecule has 6 heteroatoms. The lowest BCUT2D eigenvalue weighted by molar-refractivity contribution is -0.157. The summed E-state index contributed by atoms with van der Waals surface area (Å²) < 4.78 is 5.34. The van der Waals surface area contributed by atoms with Gasteiger partial charge in [-0.1, -0.05) is 44.4 Å². The molecule has 1 aliphatic rings. The van der Waals surface area contributed by atoms with Crippen LogP contribution in [0.3, 0.4) is 0 Å². The average Bonchev–Trinajstić information content (AvgIpc) is 3.12. The van der Waals surface area contributed by atoms with Crippen LogP contribution in [0, 0.1) is 12.8 Å². The molecule has 1 aromatic carbocycles. The Morgan fingerprint density at radius 1 is 1.04 bits per heavy atom. The maximum Gasteiger partial charge on any atom is 0.329 e. The Morgan fingerprint density at radius 2 is 1.63 bits per heavy atom. The third-order valence-electron chi connectivity index (χ3n) is 4.88. The zero-order valence-corrected chi connectivity index (χ0v) is 16.6. The van der Waals surface area contributed by atoms with Crippen molar-refractivity contribution >= 4 is 17.8 Å². The van der Waals surface area contributed by atoms with E-state index < -0.39 is 18.1 Å². The van der Waals surface area contributed by atoms with Crippen LogP contribution in [-0.4, -0.2) is 36.0 Å². The van der Waals surface area contributed by atoms with Crippen LogP contribution in [0.2, 0.25) is 0 Å². The first-order valence-corrected chi connectivity index (χ1v) is 9.66. The molecule has 1 aromatic rings. The van der Waals surface area contributed by atoms with Gasteiger partial charge in [-0.25, -0.2) is 4.79 Å². The molecule has 1 fully saturated rings. The van der Waals surface area contributed by atoms with Gasteiger partial charge in [-0.15, -0.1) is 0 Å². The Bertz CT molecular complexity index is 663. The van der Waals surface area contributed by atoms with E-state index in [1.807, 2.05) is 32.9 Å². The summed E-state index contributed by atoms with van der Waals surface area (Å²) in [6.45, 7) is 7.14. The molecule has 0 saturated heterocycles. The van der Waals surface area contributed by atoms with Gasteiger partial charge in [-0.2, -0.15) is 0 Å². The zero-order chi connectivity index (χ0) is 20.0. The van der Waals surface area contributed by atoms with E-state index in [2.05, 4.69) is 10.6 Å². The predicted octanol–water partition coefficient (Wildman–Crippen LogP) is 2.74. The number of amides is 2. The minimum Gasteiger partial charge on any atom is -0.451 e. The molecule has 0 aromatic heterocycles. The lowest BCUT2D eigenvalue weighted by Crippen LogP contribution is -2.48. The summed E-state index contributed by atoms with van der Waals surface area (Å²) in [5.41, 5.74) is 1.53. The first-order valence-electron chi connectivity index (χ1n) is 9.66.